The minimum Gasteiger partial charge on any atom is -0.466 e. The van der Waals surface area contributed by atoms with Gasteiger partial charge >= 0.3 is 17.9 Å². The third kappa shape index (κ3) is 8.02. The normalized spacial score (nSPS) is 23.2. The van der Waals surface area contributed by atoms with Crippen LogP contribution in [0.5, 0.6) is 0 Å². The predicted octanol–water partition coefficient (Wildman–Crippen LogP) is 5.43. The summed E-state index contributed by atoms with van der Waals surface area (Å²) >= 11 is 0. The molecule has 4 rings (SSSR count). The molecule has 0 aliphatic carbocycles. The van der Waals surface area contributed by atoms with Crippen molar-refractivity contribution in [1.82, 2.24) is 9.47 Å². The Hall–Kier alpha value is -3.14. The molecule has 2 aliphatic heterocycles. The van der Waals surface area contributed by atoms with Crippen molar-refractivity contribution in [2.24, 2.45) is 11.8 Å². The van der Waals surface area contributed by atoms with Gasteiger partial charge in [0.15, 0.2) is 0 Å². The molecule has 42 heavy (non-hydrogen) atoms. The van der Waals surface area contributed by atoms with Crippen LogP contribution in [0.3, 0.4) is 0 Å². The summed E-state index contributed by atoms with van der Waals surface area (Å²) in [6.07, 6.45) is 2.81. The molecule has 1 fully saturated rings. The summed E-state index contributed by atoms with van der Waals surface area (Å²) in [5.41, 5.74) is 1.42. The first-order valence-electron chi connectivity index (χ1n) is 15.4. The van der Waals surface area contributed by atoms with E-state index in [1.165, 1.54) is 4.90 Å². The molecular formula is C32H46N2O7Si. The number of rotatable bonds is 5. The van der Waals surface area contributed by atoms with Crippen molar-refractivity contribution in [3.63, 3.8) is 0 Å². The van der Waals surface area contributed by atoms with Crippen LogP contribution in [-0.4, -0.2) is 73.3 Å². The summed E-state index contributed by atoms with van der Waals surface area (Å²) in [7, 11) is -1.44. The van der Waals surface area contributed by atoms with Gasteiger partial charge in [0.2, 0.25) is 5.91 Å². The maximum atomic E-state index is 13.9. The first-order valence-corrected chi connectivity index (χ1v) is 19.1. The molecule has 1 saturated heterocycles. The Morgan fingerprint density at radius 2 is 1.81 bits per heavy atom. The largest absolute Gasteiger partial charge is 0.466 e. The van der Waals surface area contributed by atoms with Crippen molar-refractivity contribution in [3.8, 4) is 0 Å². The molecule has 3 heterocycles. The number of amides is 1. The summed E-state index contributed by atoms with van der Waals surface area (Å²) in [6, 6.07) is 9.63. The third-order valence-electron chi connectivity index (χ3n) is 8.26. The third-order valence-corrected chi connectivity index (χ3v) is 9.96. The van der Waals surface area contributed by atoms with Crippen LogP contribution in [0, 0.1) is 11.8 Å². The fourth-order valence-electron chi connectivity index (χ4n) is 5.71. The van der Waals surface area contributed by atoms with Gasteiger partial charge in [-0.05, 0) is 43.4 Å². The van der Waals surface area contributed by atoms with Gasteiger partial charge in [0.25, 0.3) is 0 Å². The van der Waals surface area contributed by atoms with Crippen LogP contribution >= 0.6 is 0 Å². The van der Waals surface area contributed by atoms with Crippen LogP contribution in [0.1, 0.15) is 62.9 Å². The van der Waals surface area contributed by atoms with Gasteiger partial charge < -0.3 is 23.7 Å². The van der Waals surface area contributed by atoms with Crippen molar-refractivity contribution in [3.05, 3.63) is 36.0 Å². The van der Waals surface area contributed by atoms with Gasteiger partial charge in [-0.25, -0.2) is 9.59 Å². The number of fused-ring (bicyclic) bond motifs is 5. The zero-order valence-corrected chi connectivity index (χ0v) is 26.7. The summed E-state index contributed by atoms with van der Waals surface area (Å²) in [6.45, 7) is 11.7. The molecular weight excluding hydrogens is 552 g/mol. The summed E-state index contributed by atoms with van der Waals surface area (Å²) < 4.78 is 19.2. The molecule has 0 spiro atoms. The van der Waals surface area contributed by atoms with Crippen LogP contribution in [0.2, 0.25) is 25.7 Å². The lowest BCUT2D eigenvalue weighted by Gasteiger charge is -2.29. The average Bonchev–Trinajstić information content (AvgIpc) is 3.51. The van der Waals surface area contributed by atoms with Crippen LogP contribution in [0.25, 0.3) is 10.9 Å². The van der Waals surface area contributed by atoms with E-state index in [0.29, 0.717) is 18.8 Å². The van der Waals surface area contributed by atoms with Gasteiger partial charge in [0, 0.05) is 31.9 Å². The molecule has 1 amide bonds. The van der Waals surface area contributed by atoms with Crippen molar-refractivity contribution < 1.29 is 33.4 Å². The van der Waals surface area contributed by atoms with E-state index in [4.69, 9.17) is 14.2 Å². The van der Waals surface area contributed by atoms with Gasteiger partial charge in [-0.2, -0.15) is 0 Å². The number of carbonyl (C=O) groups excluding carboxylic acids is 4. The molecule has 0 saturated carbocycles. The minimum atomic E-state index is -1.44. The number of para-hydroxylation sites is 1. The quantitative estimate of drug-likeness (QED) is 0.257. The smallest absolute Gasteiger partial charge is 0.355 e. The topological polar surface area (TPSA) is 104 Å². The fourth-order valence-corrected chi connectivity index (χ4v) is 6.42. The highest BCUT2D eigenvalue weighted by atomic mass is 28.3. The zero-order valence-electron chi connectivity index (χ0n) is 25.7. The second-order valence-corrected chi connectivity index (χ2v) is 18.8. The average molecular weight is 599 g/mol. The predicted molar refractivity (Wildman–Crippen MR) is 163 cm³/mol. The number of hydrogen-bond acceptors (Lipinski definition) is 7. The van der Waals surface area contributed by atoms with Crippen molar-refractivity contribution in [1.29, 1.82) is 0 Å². The standard InChI is InChI=1S/C32H46N2O7Si/c1-22(2)25-20-29(35)39-15-11-7-6-10-14-33-26-13-9-8-12-23(26)18-27(33)32(38)41-24-19-28(34(21-24)30(25)36)31(37)40-16-17-42(3,4)5/h8-9,12-13,18,22,24-25,28H,6-7,10-11,14-17,19-21H2,1-5H3/t24-,25+,28+/m1/s1. The number of esters is 3. The van der Waals surface area contributed by atoms with Gasteiger partial charge in [0.1, 0.15) is 17.8 Å². The van der Waals surface area contributed by atoms with Gasteiger partial charge in [-0.1, -0.05) is 58.1 Å². The summed E-state index contributed by atoms with van der Waals surface area (Å²) in [5.74, 6) is -2.51. The molecule has 1 aromatic heterocycles. The number of nitrogens with zero attached hydrogens (tertiary/aromatic N) is 2. The van der Waals surface area contributed by atoms with E-state index in [1.54, 1.807) is 0 Å². The van der Waals surface area contributed by atoms with Gasteiger partial charge in [0.05, 0.1) is 32.1 Å². The highest BCUT2D eigenvalue weighted by molar-refractivity contribution is 6.76. The first-order chi connectivity index (χ1) is 19.9. The van der Waals surface area contributed by atoms with E-state index in [1.807, 2.05) is 48.7 Å². The number of cyclic esters (lactones) is 1. The van der Waals surface area contributed by atoms with E-state index in [2.05, 4.69) is 19.6 Å². The van der Waals surface area contributed by atoms with E-state index >= 15 is 0 Å². The Morgan fingerprint density at radius 3 is 2.55 bits per heavy atom. The second-order valence-electron chi connectivity index (χ2n) is 13.2. The molecule has 10 heteroatoms. The zero-order chi connectivity index (χ0) is 30.4. The molecule has 2 aromatic rings. The number of hydrogen-bond donors (Lipinski definition) is 0. The monoisotopic (exact) mass is 598 g/mol. The molecule has 9 nitrogen and oxygen atoms in total. The Bertz CT molecular complexity index is 1280. The maximum Gasteiger partial charge on any atom is 0.355 e. The first kappa shape index (κ1) is 31.8. The number of benzene rings is 1. The Labute approximate surface area is 249 Å². The number of ether oxygens (including phenoxy) is 3. The Balaban J connectivity index is 1.63. The van der Waals surface area contributed by atoms with Gasteiger partial charge in [-0.3, -0.25) is 9.59 Å². The molecule has 0 N–H and O–H groups in total. The minimum absolute atomic E-state index is 0.0606. The van der Waals surface area contributed by atoms with Crippen LogP contribution in [-0.2, 0) is 35.1 Å². The number of carbonyl (C=O) groups is 4. The van der Waals surface area contributed by atoms with E-state index in [9.17, 15) is 19.2 Å². The Kier molecular flexibility index (Phi) is 10.5. The van der Waals surface area contributed by atoms with Crippen molar-refractivity contribution in [2.75, 3.05) is 19.8 Å². The molecule has 0 radical (unpaired) electrons. The molecule has 2 aliphatic rings. The Morgan fingerprint density at radius 1 is 1.07 bits per heavy atom. The van der Waals surface area contributed by atoms with E-state index in [-0.39, 0.29) is 37.8 Å². The molecule has 3 atom stereocenters. The fraction of sp³-hybridized carbons (Fsp3) is 0.625. The number of aromatic nitrogens is 1. The van der Waals surface area contributed by atoms with Gasteiger partial charge in [-0.15, -0.1) is 0 Å². The summed E-state index contributed by atoms with van der Waals surface area (Å²) in [4.78, 5) is 55.0. The van der Waals surface area contributed by atoms with E-state index < -0.39 is 44.0 Å². The second kappa shape index (κ2) is 13.9. The highest BCUT2D eigenvalue weighted by Gasteiger charge is 2.45. The summed E-state index contributed by atoms with van der Waals surface area (Å²) in [5, 5.41) is 0.953. The lowest BCUT2D eigenvalue weighted by Crippen LogP contribution is -2.46. The van der Waals surface area contributed by atoms with Crippen molar-refractivity contribution >= 4 is 42.8 Å². The lowest BCUT2D eigenvalue weighted by atomic mass is 9.91. The van der Waals surface area contributed by atoms with Crippen molar-refractivity contribution in [2.45, 2.75) is 96.7 Å². The SMILES string of the molecule is CC(C)[C@@H]1CC(=O)OCCCCCCn2c(cc3ccccc32)C(=O)O[C@@H]2C[C@@H](C(=O)OCC[Si](C)(C)C)N(C2)C1=O. The molecule has 1 aromatic carbocycles. The molecule has 0 unspecified atom stereocenters. The van der Waals surface area contributed by atoms with Crippen LogP contribution < -0.4 is 0 Å². The van der Waals surface area contributed by atoms with Crippen LogP contribution in [0.15, 0.2) is 30.3 Å². The molecule has 230 valence electrons. The maximum absolute atomic E-state index is 13.9. The van der Waals surface area contributed by atoms with E-state index in [0.717, 1.165) is 42.6 Å². The highest BCUT2D eigenvalue weighted by Crippen LogP contribution is 2.30. The molecule has 2 bridgehead atoms. The number of aryl methyl sites for hydroxylation is 1. The lowest BCUT2D eigenvalue weighted by molar-refractivity contribution is -0.156. The van der Waals surface area contributed by atoms with Crippen LogP contribution in [0.4, 0.5) is 0 Å².